The average Bonchev–Trinajstić information content (AvgIpc) is 3.86. The van der Waals surface area contributed by atoms with E-state index in [-0.39, 0.29) is 25.0 Å². The van der Waals surface area contributed by atoms with Gasteiger partial charge in [0.15, 0.2) is 11.4 Å². The third-order valence-corrected chi connectivity index (χ3v) is 9.70. The minimum Gasteiger partial charge on any atom is -0.464 e. The Morgan fingerprint density at radius 2 is 1.77 bits per heavy atom. The van der Waals surface area contributed by atoms with E-state index in [1.165, 1.54) is 12.8 Å². The van der Waals surface area contributed by atoms with E-state index in [1.54, 1.807) is 19.2 Å². The molecule has 2 saturated carbocycles. The molecule has 0 radical (unpaired) electrons. The van der Waals surface area contributed by atoms with Gasteiger partial charge in [0, 0.05) is 30.3 Å². The molecule has 2 heterocycles. The molecule has 48 heavy (non-hydrogen) atoms. The summed E-state index contributed by atoms with van der Waals surface area (Å²) >= 11 is 0. The SMILES string of the molecule is CCOC(=O)[C@H](Cc1ccc(-n2c(CC3CC3)nc3cc(NC(=O)OCc4ccccc4)cnc32)cc1)NC1=CC(=O)C12CCCCC2. The van der Waals surface area contributed by atoms with Gasteiger partial charge in [-0.05, 0) is 67.9 Å². The fourth-order valence-electron chi connectivity index (χ4n) is 6.90. The summed E-state index contributed by atoms with van der Waals surface area (Å²) < 4.78 is 12.9. The van der Waals surface area contributed by atoms with Gasteiger partial charge in [0.2, 0.25) is 0 Å². The Labute approximate surface area is 279 Å². The smallest absolute Gasteiger partial charge is 0.412 e. The molecule has 0 unspecified atom stereocenters. The average molecular weight is 648 g/mol. The molecule has 1 atom stereocenters. The van der Waals surface area contributed by atoms with Crippen LogP contribution in [0.3, 0.4) is 0 Å². The van der Waals surface area contributed by atoms with Gasteiger partial charge in [-0.25, -0.2) is 19.6 Å². The lowest BCUT2D eigenvalue weighted by atomic mass is 9.62. The number of amides is 1. The number of aromatic nitrogens is 3. The van der Waals surface area contributed by atoms with E-state index in [0.717, 1.165) is 66.9 Å². The summed E-state index contributed by atoms with van der Waals surface area (Å²) in [7, 11) is 0. The summed E-state index contributed by atoms with van der Waals surface area (Å²) in [6.45, 7) is 2.26. The number of fused-ring (bicyclic) bond motifs is 1. The fraction of sp³-hybridized carbons (Fsp3) is 0.395. The number of nitrogens with one attached hydrogen (secondary N) is 2. The maximum atomic E-state index is 13.1. The van der Waals surface area contributed by atoms with Gasteiger partial charge in [-0.15, -0.1) is 0 Å². The van der Waals surface area contributed by atoms with Crippen molar-refractivity contribution in [1.29, 1.82) is 0 Å². The van der Waals surface area contributed by atoms with Crippen molar-refractivity contribution in [3.05, 3.63) is 95.6 Å². The molecule has 3 aliphatic carbocycles. The van der Waals surface area contributed by atoms with Crippen molar-refractivity contribution in [3.8, 4) is 5.69 Å². The quantitative estimate of drug-likeness (QED) is 0.165. The van der Waals surface area contributed by atoms with Crippen molar-refractivity contribution in [1.82, 2.24) is 19.9 Å². The molecule has 1 spiro atoms. The summed E-state index contributed by atoms with van der Waals surface area (Å²) in [6.07, 6.45) is 11.2. The molecule has 10 heteroatoms. The minimum atomic E-state index is -0.597. The maximum Gasteiger partial charge on any atom is 0.412 e. The van der Waals surface area contributed by atoms with E-state index in [1.807, 2.05) is 60.7 Å². The molecule has 4 aromatic rings. The van der Waals surface area contributed by atoms with Crippen LogP contribution in [-0.2, 0) is 38.5 Å². The van der Waals surface area contributed by atoms with Crippen LogP contribution in [0.1, 0.15) is 68.8 Å². The van der Waals surface area contributed by atoms with Gasteiger partial charge < -0.3 is 14.8 Å². The van der Waals surface area contributed by atoms with Crippen LogP contribution in [0.4, 0.5) is 10.5 Å². The van der Waals surface area contributed by atoms with E-state index in [4.69, 9.17) is 19.4 Å². The molecule has 0 bridgehead atoms. The third kappa shape index (κ3) is 6.70. The largest absolute Gasteiger partial charge is 0.464 e. The number of ether oxygens (including phenoxy) is 2. The number of benzene rings is 2. The summed E-state index contributed by atoms with van der Waals surface area (Å²) in [5.74, 6) is 1.37. The Hall–Kier alpha value is -4.99. The third-order valence-electron chi connectivity index (χ3n) is 9.70. The molecular weight excluding hydrogens is 606 g/mol. The van der Waals surface area contributed by atoms with Crippen LogP contribution in [0.25, 0.3) is 16.9 Å². The lowest BCUT2D eigenvalue weighted by molar-refractivity contribution is -0.146. The molecule has 2 aromatic carbocycles. The van der Waals surface area contributed by atoms with E-state index >= 15 is 0 Å². The predicted molar refractivity (Wildman–Crippen MR) is 181 cm³/mol. The number of anilines is 1. The van der Waals surface area contributed by atoms with Crippen molar-refractivity contribution >= 4 is 34.7 Å². The Bertz CT molecular complexity index is 1840. The number of hydrogen-bond donors (Lipinski definition) is 2. The number of carbonyl (C=O) groups excluding carboxylic acids is 3. The Kier molecular flexibility index (Phi) is 8.97. The van der Waals surface area contributed by atoms with Crippen molar-refractivity contribution in [2.75, 3.05) is 11.9 Å². The van der Waals surface area contributed by atoms with Crippen molar-refractivity contribution in [2.45, 2.75) is 77.4 Å². The summed E-state index contributed by atoms with van der Waals surface area (Å²) in [5.41, 5.74) is 5.10. The highest BCUT2D eigenvalue weighted by Crippen LogP contribution is 2.48. The van der Waals surface area contributed by atoms with Crippen LogP contribution < -0.4 is 10.6 Å². The predicted octanol–water partition coefficient (Wildman–Crippen LogP) is 6.60. The molecule has 2 fully saturated rings. The zero-order chi connectivity index (χ0) is 33.1. The number of rotatable bonds is 12. The van der Waals surface area contributed by atoms with E-state index < -0.39 is 17.6 Å². The number of carbonyl (C=O) groups is 3. The monoisotopic (exact) mass is 647 g/mol. The van der Waals surface area contributed by atoms with Crippen LogP contribution in [0.2, 0.25) is 0 Å². The van der Waals surface area contributed by atoms with Gasteiger partial charge in [-0.3, -0.25) is 14.7 Å². The first-order valence-electron chi connectivity index (χ1n) is 17.1. The molecule has 10 nitrogen and oxygen atoms in total. The topological polar surface area (TPSA) is 124 Å². The standard InChI is InChI=1S/C38H41N5O5/c1-2-47-36(45)31(41-32-22-33(44)38(32)17-7-4-8-18-38)19-25-13-15-29(16-14-25)43-34(20-26-11-12-26)42-30-21-28(23-39-35(30)43)40-37(46)48-24-27-9-5-3-6-10-27/h3,5-6,9-10,13-16,21-23,26,31,41H,2,4,7-8,11-12,17-20,24H2,1H3,(H,40,46)/t31-/m0/s1. The van der Waals surface area contributed by atoms with Crippen molar-refractivity contribution < 1.29 is 23.9 Å². The summed E-state index contributed by atoms with van der Waals surface area (Å²) in [4.78, 5) is 47.9. The second kappa shape index (κ2) is 13.6. The number of allylic oxidation sites excluding steroid dienone is 2. The van der Waals surface area contributed by atoms with E-state index in [2.05, 4.69) is 15.2 Å². The molecule has 1 amide bonds. The number of pyridine rings is 1. The number of ketones is 1. The van der Waals surface area contributed by atoms with Crippen LogP contribution in [0.15, 0.2) is 78.6 Å². The van der Waals surface area contributed by atoms with Gasteiger partial charge >= 0.3 is 12.1 Å². The van der Waals surface area contributed by atoms with Gasteiger partial charge in [-0.2, -0.15) is 0 Å². The van der Waals surface area contributed by atoms with E-state index in [9.17, 15) is 14.4 Å². The summed E-state index contributed by atoms with van der Waals surface area (Å²) in [5, 5.41) is 6.19. The zero-order valence-corrected chi connectivity index (χ0v) is 27.2. The second-order valence-corrected chi connectivity index (χ2v) is 13.1. The highest BCUT2D eigenvalue weighted by molar-refractivity contribution is 6.05. The van der Waals surface area contributed by atoms with Gasteiger partial charge in [0.1, 0.15) is 24.0 Å². The Morgan fingerprint density at radius 1 is 1.00 bits per heavy atom. The Morgan fingerprint density at radius 3 is 2.48 bits per heavy atom. The highest BCUT2D eigenvalue weighted by atomic mass is 16.5. The molecule has 3 aliphatic rings. The molecule has 2 N–H and O–H groups in total. The second-order valence-electron chi connectivity index (χ2n) is 13.1. The van der Waals surface area contributed by atoms with Crippen molar-refractivity contribution in [3.63, 3.8) is 0 Å². The first kappa shape index (κ1) is 31.6. The number of imidazole rings is 1. The number of nitrogens with zero attached hydrogens (tertiary/aromatic N) is 3. The van der Waals surface area contributed by atoms with Gasteiger partial charge in [0.25, 0.3) is 0 Å². The van der Waals surface area contributed by atoms with Crippen LogP contribution in [-0.4, -0.2) is 45.0 Å². The lowest BCUT2D eigenvalue weighted by Gasteiger charge is -2.44. The fourth-order valence-corrected chi connectivity index (χ4v) is 6.90. The van der Waals surface area contributed by atoms with E-state index in [0.29, 0.717) is 29.2 Å². The molecule has 7 rings (SSSR count). The zero-order valence-electron chi connectivity index (χ0n) is 27.2. The molecule has 248 valence electrons. The Balaban J connectivity index is 1.08. The van der Waals surface area contributed by atoms with Crippen LogP contribution in [0, 0.1) is 11.3 Å². The van der Waals surface area contributed by atoms with Gasteiger partial charge in [0.05, 0.1) is 23.9 Å². The molecular formula is C38H41N5O5. The highest BCUT2D eigenvalue weighted by Gasteiger charge is 2.49. The molecule has 0 aliphatic heterocycles. The van der Waals surface area contributed by atoms with Crippen molar-refractivity contribution in [2.24, 2.45) is 11.3 Å². The minimum absolute atomic E-state index is 0.172. The molecule has 2 aromatic heterocycles. The first-order chi connectivity index (χ1) is 23.4. The lowest BCUT2D eigenvalue weighted by Crippen LogP contribution is -2.52. The molecule has 0 saturated heterocycles. The first-order valence-corrected chi connectivity index (χ1v) is 17.1. The normalized spacial score (nSPS) is 17.4. The van der Waals surface area contributed by atoms with Crippen LogP contribution >= 0.6 is 0 Å². The maximum absolute atomic E-state index is 13.1. The summed E-state index contributed by atoms with van der Waals surface area (Å²) in [6, 6.07) is 18.8. The van der Waals surface area contributed by atoms with Gasteiger partial charge in [-0.1, -0.05) is 61.7 Å². The number of esters is 1. The van der Waals surface area contributed by atoms with Crippen LogP contribution in [0.5, 0.6) is 0 Å². The number of hydrogen-bond acceptors (Lipinski definition) is 8.